The van der Waals surface area contributed by atoms with Crippen LogP contribution in [0.5, 0.6) is 0 Å². The van der Waals surface area contributed by atoms with Gasteiger partial charge in [-0.25, -0.2) is 0 Å². The fourth-order valence-corrected chi connectivity index (χ4v) is 0.236. The molecular weight excluding hydrogens is 305 g/mol. The van der Waals surface area contributed by atoms with Crippen molar-refractivity contribution in [1.29, 1.82) is 0 Å². The molecule has 0 saturated heterocycles. The molecule has 0 aromatic carbocycles. The van der Waals surface area contributed by atoms with Gasteiger partial charge in [-0.05, 0) is 12.8 Å². The maximum atomic E-state index is 3.55. The molecule has 0 atom stereocenters. The third-order valence-corrected chi connectivity index (χ3v) is 0.575. The van der Waals surface area contributed by atoms with Crippen molar-refractivity contribution in [2.45, 2.75) is 12.8 Å². The molecule has 0 spiro atoms. The largest absolute Gasteiger partial charge is 0.107 e. The van der Waals surface area contributed by atoms with Gasteiger partial charge < -0.3 is 0 Å². The van der Waals surface area contributed by atoms with E-state index in [0.29, 0.717) is 0 Å². The smallest absolute Gasteiger partial charge is 0 e. The number of hydrogen-bond acceptors (Lipinski definition) is 0. The van der Waals surface area contributed by atoms with E-state index in [0.717, 1.165) is 12.8 Å². The first-order valence-electron chi connectivity index (χ1n) is 2.13. The second kappa shape index (κ2) is 15.7. The van der Waals surface area contributed by atoms with E-state index < -0.39 is 0 Å². The topological polar surface area (TPSA) is 0 Å². The summed E-state index contributed by atoms with van der Waals surface area (Å²) in [6.07, 6.45) is 5.90. The number of hydrogen-bond donors (Lipinski definition) is 0. The molecule has 0 radical (unpaired) electrons. The predicted molar refractivity (Wildman–Crippen MR) is 45.0 cm³/mol. The van der Waals surface area contributed by atoms with Crippen molar-refractivity contribution in [2.24, 2.45) is 0 Å². The first-order chi connectivity index (χ1) is 2.91. The molecular formula is C6H11IPd. The van der Waals surface area contributed by atoms with Crippen molar-refractivity contribution in [3.63, 3.8) is 0 Å². The van der Waals surface area contributed by atoms with Crippen molar-refractivity contribution in [3.8, 4) is 0 Å². The molecule has 0 unspecified atom stereocenters. The summed E-state index contributed by atoms with van der Waals surface area (Å²) in [6, 6.07) is 0. The third-order valence-electron chi connectivity index (χ3n) is 0.575. The van der Waals surface area contributed by atoms with Gasteiger partial charge in [-0.3, -0.25) is 0 Å². The first-order valence-corrected chi connectivity index (χ1v) is 2.13. The molecule has 0 rings (SSSR count). The molecule has 0 aliphatic carbocycles. The van der Waals surface area contributed by atoms with Crippen LogP contribution in [0.3, 0.4) is 0 Å². The maximum absolute atomic E-state index is 3.55. The van der Waals surface area contributed by atoms with E-state index in [-0.39, 0.29) is 44.4 Å². The van der Waals surface area contributed by atoms with Gasteiger partial charge in [0.25, 0.3) is 0 Å². The monoisotopic (exact) mass is 316 g/mol. The zero-order chi connectivity index (χ0) is 4.83. The third kappa shape index (κ3) is 15.8. The molecule has 0 aromatic heterocycles. The molecule has 52 valence electrons. The van der Waals surface area contributed by atoms with E-state index in [1.807, 2.05) is 12.2 Å². The Hall–Kier alpha value is 0.872. The molecule has 0 amide bonds. The summed E-state index contributed by atoms with van der Waals surface area (Å²) in [6.45, 7) is 7.10. The Bertz CT molecular complexity index is 44.5. The second-order valence-electron chi connectivity index (χ2n) is 1.15. The minimum absolute atomic E-state index is 0. The number of allylic oxidation sites excluding steroid dienone is 2. The molecule has 0 fully saturated rings. The molecule has 8 heavy (non-hydrogen) atoms. The normalized spacial score (nSPS) is 5.50. The Morgan fingerprint density at radius 1 is 1.00 bits per heavy atom. The van der Waals surface area contributed by atoms with Gasteiger partial charge in [0.15, 0.2) is 0 Å². The standard InChI is InChI=1S/C6H10.HI.Pd/c1-3-5-6-4-2;;/h3-4H,1-2,5-6H2;1H;. The average molecular weight is 316 g/mol. The molecule has 0 bridgehead atoms. The van der Waals surface area contributed by atoms with Crippen molar-refractivity contribution < 1.29 is 20.4 Å². The van der Waals surface area contributed by atoms with Crippen LogP contribution in [0, 0.1) is 0 Å². The average Bonchev–Trinajstić information content (AvgIpc) is 1.61. The van der Waals surface area contributed by atoms with Crippen LogP contribution in [0.4, 0.5) is 0 Å². The molecule has 0 aromatic rings. The number of unbranched alkanes of at least 4 members (excludes halogenated alkanes) is 1. The quantitative estimate of drug-likeness (QED) is 0.325. The van der Waals surface area contributed by atoms with Gasteiger partial charge in [-0.15, -0.1) is 37.1 Å². The van der Waals surface area contributed by atoms with Gasteiger partial charge in [0, 0.05) is 20.4 Å². The van der Waals surface area contributed by atoms with E-state index in [1.54, 1.807) is 0 Å². The van der Waals surface area contributed by atoms with Crippen LogP contribution >= 0.6 is 24.0 Å². The van der Waals surface area contributed by atoms with E-state index in [4.69, 9.17) is 0 Å². The summed E-state index contributed by atoms with van der Waals surface area (Å²) >= 11 is 0. The van der Waals surface area contributed by atoms with E-state index in [1.165, 1.54) is 0 Å². The molecule has 0 heterocycles. The summed E-state index contributed by atoms with van der Waals surface area (Å²) in [7, 11) is 0. The number of rotatable bonds is 3. The van der Waals surface area contributed by atoms with E-state index >= 15 is 0 Å². The Balaban J connectivity index is -0.000000125. The van der Waals surface area contributed by atoms with Gasteiger partial charge >= 0.3 is 0 Å². The fraction of sp³-hybridized carbons (Fsp3) is 0.333. The molecule has 0 saturated carbocycles. The zero-order valence-corrected chi connectivity index (χ0v) is 8.59. The summed E-state index contributed by atoms with van der Waals surface area (Å²) < 4.78 is 0. The molecule has 2 heteroatoms. The van der Waals surface area contributed by atoms with Crippen LogP contribution < -0.4 is 0 Å². The minimum atomic E-state index is 0. The zero-order valence-electron chi connectivity index (χ0n) is 4.71. The summed E-state index contributed by atoms with van der Waals surface area (Å²) in [5, 5.41) is 0. The van der Waals surface area contributed by atoms with Crippen LogP contribution in [-0.4, -0.2) is 0 Å². The summed E-state index contributed by atoms with van der Waals surface area (Å²) in [5.74, 6) is 0. The van der Waals surface area contributed by atoms with Crippen molar-refractivity contribution in [2.75, 3.05) is 0 Å². The van der Waals surface area contributed by atoms with Gasteiger partial charge in [0.1, 0.15) is 0 Å². The van der Waals surface area contributed by atoms with Crippen LogP contribution in [-0.2, 0) is 20.4 Å². The van der Waals surface area contributed by atoms with Gasteiger partial charge in [0.05, 0.1) is 0 Å². The second-order valence-corrected chi connectivity index (χ2v) is 1.15. The molecule has 0 nitrogen and oxygen atoms in total. The molecule has 0 aliphatic rings. The van der Waals surface area contributed by atoms with Crippen molar-refractivity contribution >= 4 is 24.0 Å². The summed E-state index contributed by atoms with van der Waals surface area (Å²) in [4.78, 5) is 0. The van der Waals surface area contributed by atoms with Gasteiger partial charge in [0.2, 0.25) is 0 Å². The van der Waals surface area contributed by atoms with Crippen LogP contribution in [0.1, 0.15) is 12.8 Å². The van der Waals surface area contributed by atoms with Gasteiger partial charge in [-0.2, -0.15) is 0 Å². The Morgan fingerprint density at radius 3 is 1.38 bits per heavy atom. The Labute approximate surface area is 82.1 Å². The van der Waals surface area contributed by atoms with Crippen LogP contribution in [0.15, 0.2) is 25.3 Å². The molecule has 0 N–H and O–H groups in total. The first kappa shape index (κ1) is 15.9. The summed E-state index contributed by atoms with van der Waals surface area (Å²) in [5.41, 5.74) is 0. The Kier molecular flexibility index (Phi) is 31.2. The van der Waals surface area contributed by atoms with Crippen LogP contribution in [0.2, 0.25) is 0 Å². The minimum Gasteiger partial charge on any atom is -0.107 e. The Morgan fingerprint density at radius 2 is 1.25 bits per heavy atom. The van der Waals surface area contributed by atoms with Crippen molar-refractivity contribution in [3.05, 3.63) is 25.3 Å². The van der Waals surface area contributed by atoms with E-state index in [2.05, 4.69) is 13.2 Å². The van der Waals surface area contributed by atoms with Gasteiger partial charge in [-0.1, -0.05) is 12.2 Å². The van der Waals surface area contributed by atoms with Crippen LogP contribution in [0.25, 0.3) is 0 Å². The predicted octanol–water partition coefficient (Wildman–Crippen LogP) is 2.75. The maximum Gasteiger partial charge on any atom is 0 e. The number of halogens is 1. The van der Waals surface area contributed by atoms with Crippen molar-refractivity contribution in [1.82, 2.24) is 0 Å². The fourth-order valence-electron chi connectivity index (χ4n) is 0.236. The van der Waals surface area contributed by atoms with E-state index in [9.17, 15) is 0 Å². The molecule has 0 aliphatic heterocycles. The SMILES string of the molecule is C=CCCC=C.I.[Pd].